The second-order valence-electron chi connectivity index (χ2n) is 5.53. The van der Waals surface area contributed by atoms with Crippen LogP contribution in [0, 0.1) is 5.92 Å². The van der Waals surface area contributed by atoms with Crippen molar-refractivity contribution in [2.45, 2.75) is 38.1 Å². The molecule has 2 atom stereocenters. The van der Waals surface area contributed by atoms with Gasteiger partial charge >= 0.3 is 0 Å². The van der Waals surface area contributed by atoms with Gasteiger partial charge in [-0.2, -0.15) is 0 Å². The molecule has 1 amide bonds. The van der Waals surface area contributed by atoms with E-state index in [0.29, 0.717) is 16.6 Å². The maximum absolute atomic E-state index is 12.6. The molecule has 0 bridgehead atoms. The van der Waals surface area contributed by atoms with E-state index in [0.717, 1.165) is 16.9 Å². The Morgan fingerprint density at radius 2 is 2.05 bits per heavy atom. The number of halogens is 2. The van der Waals surface area contributed by atoms with Gasteiger partial charge in [-0.1, -0.05) is 24.4 Å². The summed E-state index contributed by atoms with van der Waals surface area (Å²) in [5, 5.41) is 0.602. The van der Waals surface area contributed by atoms with Crippen molar-refractivity contribution in [3.63, 3.8) is 0 Å². The molecule has 19 heavy (non-hydrogen) atoms. The lowest BCUT2D eigenvalue weighted by Crippen LogP contribution is -2.39. The fourth-order valence-corrected chi connectivity index (χ4v) is 3.88. The molecule has 102 valence electrons. The molecular weight excluding hydrogens is 326 g/mol. The number of likely N-dealkylation sites (tertiary alicyclic amines) is 1. The molecule has 1 heterocycles. The summed E-state index contributed by atoms with van der Waals surface area (Å²) in [6.45, 7) is 0.905. The molecule has 1 aliphatic heterocycles. The fraction of sp³-hybridized carbons (Fsp3) is 0.533. The summed E-state index contributed by atoms with van der Waals surface area (Å²) in [6.07, 6.45) is 6.20. The number of hydrogen-bond donors (Lipinski definition) is 0. The summed E-state index contributed by atoms with van der Waals surface area (Å²) < 4.78 is 0.836. The van der Waals surface area contributed by atoms with Crippen molar-refractivity contribution in [3.05, 3.63) is 33.3 Å². The zero-order chi connectivity index (χ0) is 13.4. The van der Waals surface area contributed by atoms with Crippen molar-refractivity contribution in [3.8, 4) is 0 Å². The van der Waals surface area contributed by atoms with E-state index in [4.69, 9.17) is 11.6 Å². The van der Waals surface area contributed by atoms with E-state index in [1.54, 1.807) is 6.07 Å². The molecule has 1 saturated carbocycles. The second-order valence-corrected chi connectivity index (χ2v) is 6.79. The van der Waals surface area contributed by atoms with Gasteiger partial charge in [0.25, 0.3) is 5.91 Å². The molecule has 2 aliphatic rings. The predicted molar refractivity (Wildman–Crippen MR) is 80.6 cm³/mol. The fourth-order valence-electron chi connectivity index (χ4n) is 3.45. The maximum Gasteiger partial charge on any atom is 0.254 e. The summed E-state index contributed by atoms with van der Waals surface area (Å²) >= 11 is 9.44. The van der Waals surface area contributed by atoms with Gasteiger partial charge in [0, 0.05) is 22.6 Å². The standard InChI is InChI=1S/C15H17BrClNO/c16-12-6-5-11(9-13(12)17)15(19)18-8-7-10-3-1-2-4-14(10)18/h5-6,9-10,14H,1-4,7-8H2. The van der Waals surface area contributed by atoms with Crippen molar-refractivity contribution in [1.29, 1.82) is 0 Å². The van der Waals surface area contributed by atoms with Crippen LogP contribution in [0.25, 0.3) is 0 Å². The first kappa shape index (κ1) is 13.4. The van der Waals surface area contributed by atoms with E-state index in [9.17, 15) is 4.79 Å². The quantitative estimate of drug-likeness (QED) is 0.735. The van der Waals surface area contributed by atoms with Gasteiger partial charge in [0.2, 0.25) is 0 Å². The Balaban J connectivity index is 1.81. The van der Waals surface area contributed by atoms with Gasteiger partial charge < -0.3 is 4.90 Å². The van der Waals surface area contributed by atoms with Crippen LogP contribution in [0.2, 0.25) is 5.02 Å². The minimum absolute atomic E-state index is 0.142. The summed E-state index contributed by atoms with van der Waals surface area (Å²) in [5.74, 6) is 0.868. The summed E-state index contributed by atoms with van der Waals surface area (Å²) in [4.78, 5) is 14.7. The van der Waals surface area contributed by atoms with Crippen LogP contribution in [0.4, 0.5) is 0 Å². The second kappa shape index (κ2) is 5.45. The molecule has 0 aromatic heterocycles. The number of carbonyl (C=O) groups excluding carboxylic acids is 1. The van der Waals surface area contributed by atoms with E-state index < -0.39 is 0 Å². The van der Waals surface area contributed by atoms with Crippen molar-refractivity contribution in [1.82, 2.24) is 4.90 Å². The van der Waals surface area contributed by atoms with E-state index >= 15 is 0 Å². The monoisotopic (exact) mass is 341 g/mol. The highest BCUT2D eigenvalue weighted by Gasteiger charge is 2.38. The largest absolute Gasteiger partial charge is 0.335 e. The van der Waals surface area contributed by atoms with Crippen molar-refractivity contribution < 1.29 is 4.79 Å². The lowest BCUT2D eigenvalue weighted by molar-refractivity contribution is 0.0690. The molecule has 1 aromatic rings. The first-order valence-corrected chi connectivity index (χ1v) is 8.10. The van der Waals surface area contributed by atoms with Gasteiger partial charge in [-0.25, -0.2) is 0 Å². The lowest BCUT2D eigenvalue weighted by Gasteiger charge is -2.31. The zero-order valence-electron chi connectivity index (χ0n) is 10.7. The summed E-state index contributed by atoms with van der Waals surface area (Å²) in [5.41, 5.74) is 0.708. The van der Waals surface area contributed by atoms with Crippen LogP contribution >= 0.6 is 27.5 Å². The van der Waals surface area contributed by atoms with Crippen LogP contribution in [-0.2, 0) is 0 Å². The Morgan fingerprint density at radius 1 is 1.26 bits per heavy atom. The van der Waals surface area contributed by atoms with Gasteiger partial charge in [0.1, 0.15) is 0 Å². The van der Waals surface area contributed by atoms with Crippen LogP contribution < -0.4 is 0 Å². The number of amides is 1. The van der Waals surface area contributed by atoms with Gasteiger partial charge in [0.15, 0.2) is 0 Å². The molecular formula is C15H17BrClNO. The van der Waals surface area contributed by atoms with Crippen molar-refractivity contribution >= 4 is 33.4 Å². The third-order valence-electron chi connectivity index (χ3n) is 4.44. The average molecular weight is 343 g/mol. The van der Waals surface area contributed by atoms with Crippen LogP contribution in [-0.4, -0.2) is 23.4 Å². The molecule has 1 saturated heterocycles. The molecule has 1 aromatic carbocycles. The summed E-state index contributed by atoms with van der Waals surface area (Å²) in [6, 6.07) is 5.94. The third-order valence-corrected chi connectivity index (χ3v) is 5.67. The molecule has 0 spiro atoms. The minimum Gasteiger partial charge on any atom is -0.335 e. The highest BCUT2D eigenvalue weighted by molar-refractivity contribution is 9.10. The molecule has 3 rings (SSSR count). The minimum atomic E-state index is 0.142. The number of fused-ring (bicyclic) bond motifs is 1. The van der Waals surface area contributed by atoms with Crippen molar-refractivity contribution in [2.75, 3.05) is 6.54 Å². The highest BCUT2D eigenvalue weighted by atomic mass is 79.9. The van der Waals surface area contributed by atoms with E-state index in [1.807, 2.05) is 12.1 Å². The number of rotatable bonds is 1. The van der Waals surface area contributed by atoms with Crippen LogP contribution in [0.5, 0.6) is 0 Å². The normalized spacial score (nSPS) is 26.3. The van der Waals surface area contributed by atoms with Gasteiger partial charge in [-0.3, -0.25) is 4.79 Å². The number of hydrogen-bond acceptors (Lipinski definition) is 1. The van der Waals surface area contributed by atoms with Crippen LogP contribution in [0.15, 0.2) is 22.7 Å². The van der Waals surface area contributed by atoms with Gasteiger partial charge in [-0.05, 0) is 59.3 Å². The number of benzene rings is 1. The topological polar surface area (TPSA) is 20.3 Å². The maximum atomic E-state index is 12.6. The molecule has 0 N–H and O–H groups in total. The first-order valence-electron chi connectivity index (χ1n) is 6.93. The number of nitrogens with zero attached hydrogens (tertiary/aromatic N) is 1. The molecule has 2 unspecified atom stereocenters. The Hall–Kier alpha value is -0.540. The molecule has 2 fully saturated rings. The molecule has 2 nitrogen and oxygen atoms in total. The summed E-state index contributed by atoms with van der Waals surface area (Å²) in [7, 11) is 0. The van der Waals surface area contributed by atoms with Gasteiger partial charge in [0.05, 0.1) is 5.02 Å². The Bertz CT molecular complexity index is 505. The van der Waals surface area contributed by atoms with Crippen LogP contribution in [0.3, 0.4) is 0 Å². The average Bonchev–Trinajstić information content (AvgIpc) is 2.85. The lowest BCUT2D eigenvalue weighted by atomic mass is 9.85. The van der Waals surface area contributed by atoms with Crippen molar-refractivity contribution in [2.24, 2.45) is 5.92 Å². The Kier molecular flexibility index (Phi) is 3.86. The smallest absolute Gasteiger partial charge is 0.254 e. The zero-order valence-corrected chi connectivity index (χ0v) is 13.1. The van der Waals surface area contributed by atoms with E-state index in [1.165, 1.54) is 32.1 Å². The molecule has 0 radical (unpaired) electrons. The first-order chi connectivity index (χ1) is 9.16. The SMILES string of the molecule is O=C(c1ccc(Br)c(Cl)c1)N1CCC2CCCCC21. The van der Waals surface area contributed by atoms with Gasteiger partial charge in [-0.15, -0.1) is 0 Å². The Morgan fingerprint density at radius 3 is 2.84 bits per heavy atom. The predicted octanol–water partition coefficient (Wildman–Crippen LogP) is 4.51. The molecule has 1 aliphatic carbocycles. The van der Waals surface area contributed by atoms with Crippen LogP contribution in [0.1, 0.15) is 42.5 Å². The third kappa shape index (κ3) is 2.55. The van der Waals surface area contributed by atoms with E-state index in [-0.39, 0.29) is 5.91 Å². The highest BCUT2D eigenvalue weighted by Crippen LogP contribution is 2.37. The molecule has 4 heteroatoms. The number of carbonyl (C=O) groups is 1. The van der Waals surface area contributed by atoms with E-state index in [2.05, 4.69) is 20.8 Å². The Labute approximate surface area is 127 Å².